The van der Waals surface area contributed by atoms with Crippen molar-refractivity contribution in [3.63, 3.8) is 0 Å². The second-order valence-electron chi connectivity index (χ2n) is 6.05. The fraction of sp³-hybridized carbons (Fsp3) is 0.867. The van der Waals surface area contributed by atoms with E-state index < -0.39 is 5.97 Å². The number of nitrogens with zero attached hydrogens (tertiary/aromatic N) is 1. The summed E-state index contributed by atoms with van der Waals surface area (Å²) in [5.41, 5.74) is -0.317. The van der Waals surface area contributed by atoms with E-state index in [1.807, 2.05) is 0 Å². The van der Waals surface area contributed by atoms with E-state index in [1.165, 1.54) is 0 Å². The molecule has 0 aromatic carbocycles. The number of aliphatic hydroxyl groups excluding tert-OH is 1. The lowest BCUT2D eigenvalue weighted by molar-refractivity contribution is -0.141. The summed E-state index contributed by atoms with van der Waals surface area (Å²) in [7, 11) is 1.78. The molecule has 2 N–H and O–H groups in total. The van der Waals surface area contributed by atoms with Crippen LogP contribution >= 0.6 is 0 Å². The number of rotatable bonds is 9. The molecule has 0 heterocycles. The van der Waals surface area contributed by atoms with E-state index in [0.29, 0.717) is 13.0 Å². The van der Waals surface area contributed by atoms with Crippen molar-refractivity contribution in [2.45, 2.75) is 57.8 Å². The highest BCUT2D eigenvalue weighted by Crippen LogP contribution is 2.44. The largest absolute Gasteiger partial charge is 0.481 e. The highest BCUT2D eigenvalue weighted by Gasteiger charge is 2.38. The molecule has 0 radical (unpaired) electrons. The minimum atomic E-state index is -0.801. The number of carboxylic acids is 1. The SMILES string of the molecule is CN(CCCCCO)C(=O)CC1(CC(=O)O)CCCC1. The molecule has 1 amide bonds. The van der Waals surface area contributed by atoms with Crippen LogP contribution in [0.4, 0.5) is 0 Å². The number of carbonyl (C=O) groups is 2. The smallest absolute Gasteiger partial charge is 0.303 e. The van der Waals surface area contributed by atoms with Gasteiger partial charge in [0.1, 0.15) is 0 Å². The van der Waals surface area contributed by atoms with E-state index in [4.69, 9.17) is 10.2 Å². The van der Waals surface area contributed by atoms with Gasteiger partial charge in [-0.05, 0) is 37.5 Å². The maximum atomic E-state index is 12.2. The average Bonchev–Trinajstić information content (AvgIpc) is 2.81. The van der Waals surface area contributed by atoms with E-state index in [0.717, 1.165) is 44.9 Å². The highest BCUT2D eigenvalue weighted by molar-refractivity contribution is 5.78. The molecule has 1 saturated carbocycles. The van der Waals surface area contributed by atoms with Crippen molar-refractivity contribution in [3.05, 3.63) is 0 Å². The van der Waals surface area contributed by atoms with Crippen LogP contribution in [0.15, 0.2) is 0 Å². The molecule has 0 unspecified atom stereocenters. The van der Waals surface area contributed by atoms with E-state index >= 15 is 0 Å². The molecule has 20 heavy (non-hydrogen) atoms. The molecule has 0 bridgehead atoms. The van der Waals surface area contributed by atoms with Gasteiger partial charge in [0.25, 0.3) is 0 Å². The number of amides is 1. The lowest BCUT2D eigenvalue weighted by Gasteiger charge is -2.29. The number of hydrogen-bond donors (Lipinski definition) is 2. The van der Waals surface area contributed by atoms with Crippen molar-refractivity contribution < 1.29 is 19.8 Å². The normalized spacial score (nSPS) is 17.1. The average molecular weight is 285 g/mol. The third-order valence-corrected chi connectivity index (χ3v) is 4.29. The van der Waals surface area contributed by atoms with Gasteiger partial charge in [0.15, 0.2) is 0 Å². The monoisotopic (exact) mass is 285 g/mol. The minimum absolute atomic E-state index is 0.0529. The Hall–Kier alpha value is -1.10. The van der Waals surface area contributed by atoms with Gasteiger partial charge >= 0.3 is 5.97 Å². The first-order valence-corrected chi connectivity index (χ1v) is 7.56. The van der Waals surface area contributed by atoms with Gasteiger partial charge in [0, 0.05) is 26.6 Å². The highest BCUT2D eigenvalue weighted by atomic mass is 16.4. The molecule has 0 atom stereocenters. The van der Waals surface area contributed by atoms with Gasteiger partial charge in [0.05, 0.1) is 6.42 Å². The van der Waals surface area contributed by atoms with Crippen molar-refractivity contribution in [2.24, 2.45) is 5.41 Å². The molecule has 0 spiro atoms. The van der Waals surface area contributed by atoms with Gasteiger partial charge in [-0.15, -0.1) is 0 Å². The lowest BCUT2D eigenvalue weighted by atomic mass is 9.79. The summed E-state index contributed by atoms with van der Waals surface area (Å²) in [6.45, 7) is 0.876. The Morgan fingerprint density at radius 1 is 1.10 bits per heavy atom. The van der Waals surface area contributed by atoms with Gasteiger partial charge in [-0.1, -0.05) is 12.8 Å². The van der Waals surface area contributed by atoms with E-state index in [2.05, 4.69) is 0 Å². The first-order valence-electron chi connectivity index (χ1n) is 7.56. The number of aliphatic carboxylic acids is 1. The number of carbonyl (C=O) groups excluding carboxylic acids is 1. The van der Waals surface area contributed by atoms with Gasteiger partial charge in [-0.2, -0.15) is 0 Å². The Morgan fingerprint density at radius 3 is 2.30 bits per heavy atom. The van der Waals surface area contributed by atoms with Crippen LogP contribution in [0.5, 0.6) is 0 Å². The van der Waals surface area contributed by atoms with Crippen LogP contribution in [-0.4, -0.2) is 47.2 Å². The van der Waals surface area contributed by atoms with Crippen LogP contribution < -0.4 is 0 Å². The molecule has 1 aliphatic rings. The third-order valence-electron chi connectivity index (χ3n) is 4.29. The number of aliphatic hydroxyl groups is 1. The second-order valence-corrected chi connectivity index (χ2v) is 6.05. The molecule has 0 aromatic rings. The topological polar surface area (TPSA) is 77.8 Å². The molecule has 5 nitrogen and oxygen atoms in total. The maximum Gasteiger partial charge on any atom is 0.303 e. The van der Waals surface area contributed by atoms with Crippen molar-refractivity contribution in [2.75, 3.05) is 20.2 Å². The zero-order valence-corrected chi connectivity index (χ0v) is 12.4. The Balaban J connectivity index is 2.43. The van der Waals surface area contributed by atoms with Crippen LogP contribution in [0.2, 0.25) is 0 Å². The van der Waals surface area contributed by atoms with Crippen LogP contribution in [0, 0.1) is 5.41 Å². The van der Waals surface area contributed by atoms with E-state index in [1.54, 1.807) is 11.9 Å². The first kappa shape index (κ1) is 17.0. The predicted octanol–water partition coefficient (Wildman–Crippen LogP) is 2.03. The second kappa shape index (κ2) is 8.25. The number of hydrogen-bond acceptors (Lipinski definition) is 3. The van der Waals surface area contributed by atoms with Crippen LogP contribution in [0.1, 0.15) is 57.8 Å². The first-order chi connectivity index (χ1) is 9.49. The van der Waals surface area contributed by atoms with Gasteiger partial charge in [-0.25, -0.2) is 0 Å². The van der Waals surface area contributed by atoms with Crippen molar-refractivity contribution in [1.29, 1.82) is 0 Å². The summed E-state index contributed by atoms with van der Waals surface area (Å²) in [6.07, 6.45) is 6.79. The zero-order valence-electron chi connectivity index (χ0n) is 12.4. The Bertz CT molecular complexity index is 324. The molecular weight excluding hydrogens is 258 g/mol. The van der Waals surface area contributed by atoms with Crippen LogP contribution in [0.25, 0.3) is 0 Å². The lowest BCUT2D eigenvalue weighted by Crippen LogP contribution is -2.34. The van der Waals surface area contributed by atoms with Crippen molar-refractivity contribution >= 4 is 11.9 Å². The fourth-order valence-corrected chi connectivity index (χ4v) is 3.08. The molecule has 0 saturated heterocycles. The summed E-state index contributed by atoms with van der Waals surface area (Å²) in [4.78, 5) is 24.9. The fourth-order valence-electron chi connectivity index (χ4n) is 3.08. The van der Waals surface area contributed by atoms with E-state index in [-0.39, 0.29) is 24.3 Å². The quantitative estimate of drug-likeness (QED) is 0.635. The molecular formula is C15H27NO4. The van der Waals surface area contributed by atoms with Crippen molar-refractivity contribution in [1.82, 2.24) is 4.90 Å². The summed E-state index contributed by atoms with van der Waals surface area (Å²) in [5.74, 6) is -0.748. The van der Waals surface area contributed by atoms with E-state index in [9.17, 15) is 9.59 Å². The molecule has 0 aliphatic heterocycles. The molecule has 116 valence electrons. The molecule has 1 aliphatic carbocycles. The predicted molar refractivity (Wildman–Crippen MR) is 76.3 cm³/mol. The number of carboxylic acid groups (broad SMARTS) is 1. The molecule has 1 rings (SSSR count). The summed E-state index contributed by atoms with van der Waals surface area (Å²) >= 11 is 0. The Kier molecular flexibility index (Phi) is 6.99. The summed E-state index contributed by atoms with van der Waals surface area (Å²) < 4.78 is 0. The Morgan fingerprint density at radius 2 is 1.75 bits per heavy atom. The van der Waals surface area contributed by atoms with Crippen molar-refractivity contribution in [3.8, 4) is 0 Å². The Labute approximate surface area is 121 Å². The van der Waals surface area contributed by atoms with Crippen LogP contribution in [0.3, 0.4) is 0 Å². The van der Waals surface area contributed by atoms with Gasteiger partial charge in [-0.3, -0.25) is 9.59 Å². The van der Waals surface area contributed by atoms with Gasteiger partial charge in [0.2, 0.25) is 5.91 Å². The molecule has 5 heteroatoms. The maximum absolute atomic E-state index is 12.2. The summed E-state index contributed by atoms with van der Waals surface area (Å²) in [6, 6.07) is 0. The zero-order chi connectivity index (χ0) is 15.0. The number of unbranched alkanes of at least 4 members (excludes halogenated alkanes) is 2. The summed E-state index contributed by atoms with van der Waals surface area (Å²) in [5, 5.41) is 17.8. The molecule has 1 fully saturated rings. The van der Waals surface area contributed by atoms with Gasteiger partial charge < -0.3 is 15.1 Å². The standard InChI is InChI=1S/C15H27NO4/c1-16(9-5-2-6-10-17)13(18)11-15(12-14(19)20)7-3-4-8-15/h17H,2-12H2,1H3,(H,19,20). The third kappa shape index (κ3) is 5.49. The molecule has 0 aromatic heterocycles. The minimum Gasteiger partial charge on any atom is -0.481 e. The van der Waals surface area contributed by atoms with Crippen LogP contribution in [-0.2, 0) is 9.59 Å².